The SMILES string of the molecule is O=C(CCCCCBr)Oc1ccc(C(=O)O)cc1.O=C(O)CCCCCOc1ccc(C(=O)O)cc1. The van der Waals surface area contributed by atoms with Crippen molar-refractivity contribution in [1.82, 2.24) is 0 Å². The smallest absolute Gasteiger partial charge is 0.335 e. The molecule has 36 heavy (non-hydrogen) atoms. The highest BCUT2D eigenvalue weighted by Gasteiger charge is 2.07. The Morgan fingerprint density at radius 1 is 0.639 bits per heavy atom. The predicted molar refractivity (Wildman–Crippen MR) is 136 cm³/mol. The molecule has 2 rings (SSSR count). The number of halogens is 1. The fourth-order valence-corrected chi connectivity index (χ4v) is 3.22. The van der Waals surface area contributed by atoms with Crippen LogP contribution in [0.25, 0.3) is 0 Å². The van der Waals surface area contributed by atoms with Gasteiger partial charge in [0.25, 0.3) is 0 Å². The summed E-state index contributed by atoms with van der Waals surface area (Å²) in [6.07, 6.45) is 5.64. The van der Waals surface area contributed by atoms with Gasteiger partial charge in [0.05, 0.1) is 17.7 Å². The Labute approximate surface area is 218 Å². The van der Waals surface area contributed by atoms with E-state index in [1.165, 1.54) is 36.4 Å². The normalized spacial score (nSPS) is 10.0. The lowest BCUT2D eigenvalue weighted by Crippen LogP contribution is -2.07. The minimum Gasteiger partial charge on any atom is -0.494 e. The predicted octanol–water partition coefficient (Wildman–Crippen LogP) is 5.65. The number of hydrogen-bond donors (Lipinski definition) is 3. The Bertz CT molecular complexity index is 956. The van der Waals surface area contributed by atoms with E-state index in [9.17, 15) is 19.2 Å². The number of carboxylic acids is 3. The Morgan fingerprint density at radius 2 is 1.14 bits per heavy atom. The molecule has 0 atom stereocenters. The number of ether oxygens (including phenoxy) is 2. The van der Waals surface area contributed by atoms with Crippen LogP contribution in [0.4, 0.5) is 0 Å². The van der Waals surface area contributed by atoms with Crippen LogP contribution in [-0.4, -0.2) is 51.1 Å². The number of unbranched alkanes of at least 4 members (excludes halogenated alkanes) is 4. The van der Waals surface area contributed by atoms with E-state index in [0.717, 1.165) is 37.4 Å². The van der Waals surface area contributed by atoms with E-state index < -0.39 is 17.9 Å². The maximum absolute atomic E-state index is 11.4. The average molecular weight is 567 g/mol. The Hall–Kier alpha value is -3.40. The van der Waals surface area contributed by atoms with Gasteiger partial charge in [0.1, 0.15) is 11.5 Å². The Balaban J connectivity index is 0.000000360. The van der Waals surface area contributed by atoms with E-state index in [-0.39, 0.29) is 23.5 Å². The number of esters is 1. The lowest BCUT2D eigenvalue weighted by atomic mass is 10.2. The molecule has 0 unspecified atom stereocenters. The fourth-order valence-electron chi connectivity index (χ4n) is 2.83. The zero-order valence-corrected chi connectivity index (χ0v) is 21.4. The summed E-state index contributed by atoms with van der Waals surface area (Å²) in [6.45, 7) is 0.506. The van der Waals surface area contributed by atoms with Gasteiger partial charge in [-0.1, -0.05) is 22.4 Å². The van der Waals surface area contributed by atoms with Crippen LogP contribution >= 0.6 is 15.9 Å². The number of carbonyl (C=O) groups excluding carboxylic acids is 1. The monoisotopic (exact) mass is 566 g/mol. The van der Waals surface area contributed by atoms with Crippen LogP contribution in [0.15, 0.2) is 48.5 Å². The number of carboxylic acid groups (broad SMARTS) is 3. The molecule has 0 bridgehead atoms. The fraction of sp³-hybridized carbons (Fsp3) is 0.385. The van der Waals surface area contributed by atoms with Crippen molar-refractivity contribution < 1.29 is 44.0 Å². The topological polar surface area (TPSA) is 147 Å². The summed E-state index contributed by atoms with van der Waals surface area (Å²) >= 11 is 3.32. The highest BCUT2D eigenvalue weighted by atomic mass is 79.9. The molecule has 3 N–H and O–H groups in total. The molecule has 0 saturated carbocycles. The molecule has 0 amide bonds. The summed E-state index contributed by atoms with van der Waals surface area (Å²) in [5.74, 6) is -2.02. The van der Waals surface area contributed by atoms with E-state index in [4.69, 9.17) is 24.8 Å². The van der Waals surface area contributed by atoms with E-state index in [1.54, 1.807) is 12.1 Å². The zero-order chi connectivity index (χ0) is 26.8. The number of carbonyl (C=O) groups is 4. The molecule has 0 radical (unpaired) electrons. The quantitative estimate of drug-likeness (QED) is 0.107. The molecule has 10 heteroatoms. The third kappa shape index (κ3) is 14.1. The molecule has 0 fully saturated rings. The summed E-state index contributed by atoms with van der Waals surface area (Å²) in [5, 5.41) is 26.8. The summed E-state index contributed by atoms with van der Waals surface area (Å²) < 4.78 is 10.5. The van der Waals surface area contributed by atoms with E-state index in [1.807, 2.05) is 0 Å². The minimum absolute atomic E-state index is 0.173. The molecule has 0 aliphatic carbocycles. The number of aromatic carboxylic acids is 2. The van der Waals surface area contributed by atoms with Gasteiger partial charge < -0.3 is 24.8 Å². The van der Waals surface area contributed by atoms with Gasteiger partial charge in [0.15, 0.2) is 0 Å². The van der Waals surface area contributed by atoms with Gasteiger partial charge >= 0.3 is 23.9 Å². The molecular weight excluding hydrogens is 536 g/mol. The maximum Gasteiger partial charge on any atom is 0.335 e. The summed E-state index contributed by atoms with van der Waals surface area (Å²) in [7, 11) is 0. The molecule has 0 aromatic heterocycles. The van der Waals surface area contributed by atoms with Crippen molar-refractivity contribution in [3.63, 3.8) is 0 Å². The number of alkyl halides is 1. The average Bonchev–Trinajstić information content (AvgIpc) is 2.85. The number of aliphatic carboxylic acids is 1. The molecule has 0 saturated heterocycles. The second kappa shape index (κ2) is 18.0. The third-order valence-corrected chi connectivity index (χ3v) is 5.31. The van der Waals surface area contributed by atoms with Crippen LogP contribution in [-0.2, 0) is 9.59 Å². The van der Waals surface area contributed by atoms with Gasteiger partial charge in [-0.2, -0.15) is 0 Å². The molecule has 2 aromatic rings. The Morgan fingerprint density at radius 3 is 1.64 bits per heavy atom. The van der Waals surface area contributed by atoms with Crippen LogP contribution < -0.4 is 9.47 Å². The number of hydrogen-bond acceptors (Lipinski definition) is 6. The number of benzene rings is 2. The molecule has 0 heterocycles. The van der Waals surface area contributed by atoms with Crippen molar-refractivity contribution in [3.05, 3.63) is 59.7 Å². The second-order valence-corrected chi connectivity index (χ2v) is 8.48. The lowest BCUT2D eigenvalue weighted by Gasteiger charge is -2.05. The molecule has 196 valence electrons. The standard InChI is InChI=1S/C13H15BrO4.C13H16O5/c14-9-3-1-2-4-12(15)18-11-7-5-10(6-8-11)13(16)17;14-12(15)4-2-1-3-9-18-11-7-5-10(6-8-11)13(16)17/h5-8H,1-4,9H2,(H,16,17);5-8H,1-4,9H2,(H,14,15)(H,16,17). The van der Waals surface area contributed by atoms with Crippen LogP contribution in [0.5, 0.6) is 11.5 Å². The molecule has 0 aliphatic heterocycles. The Kier molecular flexibility index (Phi) is 15.3. The van der Waals surface area contributed by atoms with Crippen molar-refractivity contribution in [3.8, 4) is 11.5 Å². The van der Waals surface area contributed by atoms with Gasteiger partial charge in [-0.15, -0.1) is 0 Å². The van der Waals surface area contributed by atoms with Crippen LogP contribution in [0.1, 0.15) is 72.1 Å². The highest BCUT2D eigenvalue weighted by molar-refractivity contribution is 9.09. The van der Waals surface area contributed by atoms with Crippen LogP contribution in [0.3, 0.4) is 0 Å². The van der Waals surface area contributed by atoms with Gasteiger partial charge in [0.2, 0.25) is 0 Å². The van der Waals surface area contributed by atoms with Crippen molar-refractivity contribution in [2.45, 2.75) is 51.4 Å². The van der Waals surface area contributed by atoms with E-state index in [2.05, 4.69) is 15.9 Å². The largest absolute Gasteiger partial charge is 0.494 e. The molecular formula is C26H31BrO9. The van der Waals surface area contributed by atoms with Crippen LogP contribution in [0, 0.1) is 0 Å². The van der Waals surface area contributed by atoms with Crippen molar-refractivity contribution in [2.75, 3.05) is 11.9 Å². The van der Waals surface area contributed by atoms with Crippen molar-refractivity contribution in [1.29, 1.82) is 0 Å². The van der Waals surface area contributed by atoms with Gasteiger partial charge in [-0.25, -0.2) is 9.59 Å². The van der Waals surface area contributed by atoms with E-state index in [0.29, 0.717) is 30.9 Å². The first kappa shape index (κ1) is 30.6. The third-order valence-electron chi connectivity index (χ3n) is 4.75. The molecule has 0 spiro atoms. The first-order chi connectivity index (χ1) is 17.2. The van der Waals surface area contributed by atoms with E-state index >= 15 is 0 Å². The first-order valence-corrected chi connectivity index (χ1v) is 12.6. The zero-order valence-electron chi connectivity index (χ0n) is 19.9. The summed E-state index contributed by atoms with van der Waals surface area (Å²) in [4.78, 5) is 42.9. The van der Waals surface area contributed by atoms with Gasteiger partial charge in [-0.05, 0) is 80.6 Å². The van der Waals surface area contributed by atoms with Crippen molar-refractivity contribution >= 4 is 39.8 Å². The molecule has 2 aromatic carbocycles. The van der Waals surface area contributed by atoms with Crippen LogP contribution in [0.2, 0.25) is 0 Å². The lowest BCUT2D eigenvalue weighted by molar-refractivity contribution is -0.137. The maximum atomic E-state index is 11.4. The number of rotatable bonds is 15. The van der Waals surface area contributed by atoms with Gasteiger partial charge in [-0.3, -0.25) is 9.59 Å². The van der Waals surface area contributed by atoms with Crippen molar-refractivity contribution in [2.24, 2.45) is 0 Å². The summed E-state index contributed by atoms with van der Waals surface area (Å²) in [5.41, 5.74) is 0.399. The van der Waals surface area contributed by atoms with Gasteiger partial charge in [0, 0.05) is 18.2 Å². The molecule has 9 nitrogen and oxygen atoms in total. The second-order valence-electron chi connectivity index (χ2n) is 7.69. The summed E-state index contributed by atoms with van der Waals surface area (Å²) in [6, 6.07) is 12.0. The first-order valence-electron chi connectivity index (χ1n) is 11.5. The minimum atomic E-state index is -0.998. The highest BCUT2D eigenvalue weighted by Crippen LogP contribution is 2.14. The molecule has 0 aliphatic rings.